The third-order valence-corrected chi connectivity index (χ3v) is 5.90. The fraction of sp³-hybridized carbons (Fsp3) is 0.520. The van der Waals surface area contributed by atoms with E-state index in [4.69, 9.17) is 4.99 Å². The first-order valence-corrected chi connectivity index (χ1v) is 11.3. The van der Waals surface area contributed by atoms with Gasteiger partial charge in [0.2, 0.25) is 0 Å². The first kappa shape index (κ1) is 24.9. The van der Waals surface area contributed by atoms with Crippen LogP contribution in [0.3, 0.4) is 0 Å². The molecular formula is C25H31F3N2O3. The van der Waals surface area contributed by atoms with Crippen LogP contribution in [0.2, 0.25) is 0 Å². The molecule has 0 saturated carbocycles. The van der Waals surface area contributed by atoms with Crippen LogP contribution >= 0.6 is 0 Å². The van der Waals surface area contributed by atoms with Gasteiger partial charge in [0.15, 0.2) is 5.78 Å². The smallest absolute Gasteiger partial charge is 0.511 e. The minimum absolute atomic E-state index is 0.0872. The van der Waals surface area contributed by atoms with Gasteiger partial charge in [-0.2, -0.15) is 0 Å². The summed E-state index contributed by atoms with van der Waals surface area (Å²) < 4.78 is 42.0. The van der Waals surface area contributed by atoms with Crippen molar-refractivity contribution in [3.8, 4) is 5.75 Å². The second-order valence-electron chi connectivity index (χ2n) is 9.43. The van der Waals surface area contributed by atoms with Gasteiger partial charge in [-0.3, -0.25) is 9.79 Å². The number of carbonyl (C=O) groups is 1. The number of unbranched alkanes of at least 4 members (excludes halogenated alkanes) is 1. The molecule has 0 fully saturated rings. The Morgan fingerprint density at radius 2 is 2.00 bits per heavy atom. The van der Waals surface area contributed by atoms with E-state index in [0.717, 1.165) is 29.6 Å². The van der Waals surface area contributed by atoms with Gasteiger partial charge in [0.1, 0.15) is 11.5 Å². The summed E-state index contributed by atoms with van der Waals surface area (Å²) in [5, 5.41) is 11.3. The number of aromatic amines is 1. The first-order chi connectivity index (χ1) is 15.4. The summed E-state index contributed by atoms with van der Waals surface area (Å²) in [6.45, 7) is 8.18. The zero-order chi connectivity index (χ0) is 24.4. The molecule has 3 rings (SSSR count). The number of H-pyrrole nitrogens is 1. The topological polar surface area (TPSA) is 74.7 Å². The van der Waals surface area contributed by atoms with E-state index >= 15 is 0 Å². The Hall–Kier alpha value is -2.77. The Labute approximate surface area is 191 Å². The normalized spacial score (nSPS) is 17.2. The van der Waals surface area contributed by atoms with Crippen LogP contribution in [0.25, 0.3) is 10.9 Å². The molecule has 0 amide bonds. The fourth-order valence-electron chi connectivity index (χ4n) is 4.43. The van der Waals surface area contributed by atoms with Crippen LogP contribution in [0.5, 0.6) is 5.75 Å². The van der Waals surface area contributed by atoms with E-state index in [1.165, 1.54) is 12.1 Å². The van der Waals surface area contributed by atoms with Crippen LogP contribution < -0.4 is 4.74 Å². The van der Waals surface area contributed by atoms with Crippen LogP contribution in [0.15, 0.2) is 34.5 Å². The monoisotopic (exact) mass is 464 g/mol. The highest BCUT2D eigenvalue weighted by Crippen LogP contribution is 2.37. The number of hydrogen-bond acceptors (Lipinski definition) is 4. The van der Waals surface area contributed by atoms with Crippen LogP contribution in [-0.4, -0.2) is 34.5 Å². The van der Waals surface area contributed by atoms with E-state index in [9.17, 15) is 23.1 Å². The highest BCUT2D eigenvalue weighted by atomic mass is 19.4. The molecule has 8 heteroatoms. The molecule has 5 nitrogen and oxygen atoms in total. The Morgan fingerprint density at radius 3 is 2.64 bits per heavy atom. The molecule has 33 heavy (non-hydrogen) atoms. The number of Topliss-reactive ketones (excluding diaryl/α,β-unsaturated/α-hetero) is 1. The number of benzene rings is 1. The maximum Gasteiger partial charge on any atom is 0.573 e. The molecule has 0 aliphatic heterocycles. The second-order valence-corrected chi connectivity index (χ2v) is 9.43. The lowest BCUT2D eigenvalue weighted by molar-refractivity contribution is -0.274. The van der Waals surface area contributed by atoms with Crippen LogP contribution in [0.1, 0.15) is 64.1 Å². The Bertz CT molecular complexity index is 1090. The number of rotatable bonds is 8. The summed E-state index contributed by atoms with van der Waals surface area (Å²) in [5.74, 6) is -0.257. The number of ketones is 1. The maximum atomic E-state index is 12.8. The summed E-state index contributed by atoms with van der Waals surface area (Å²) >= 11 is 0. The lowest BCUT2D eigenvalue weighted by Gasteiger charge is -2.30. The van der Waals surface area contributed by atoms with Crippen molar-refractivity contribution in [2.75, 3.05) is 6.54 Å². The number of aliphatic hydroxyl groups excluding tert-OH is 1. The summed E-state index contributed by atoms with van der Waals surface area (Å²) in [7, 11) is 0. The van der Waals surface area contributed by atoms with Gasteiger partial charge >= 0.3 is 6.36 Å². The van der Waals surface area contributed by atoms with Crippen molar-refractivity contribution in [2.45, 2.75) is 72.6 Å². The number of allylic oxidation sites excluding steroid dienone is 2. The molecular weight excluding hydrogens is 433 g/mol. The lowest BCUT2D eigenvalue weighted by atomic mass is 9.75. The predicted molar refractivity (Wildman–Crippen MR) is 123 cm³/mol. The van der Waals surface area contributed by atoms with Crippen molar-refractivity contribution >= 4 is 22.4 Å². The minimum Gasteiger partial charge on any atom is -0.511 e. The highest BCUT2D eigenvalue weighted by molar-refractivity contribution is 6.23. The molecule has 0 radical (unpaired) electrons. The number of aliphatic imine (C=N–C) groups is 1. The van der Waals surface area contributed by atoms with Crippen molar-refractivity contribution in [1.82, 2.24) is 4.98 Å². The number of nitrogens with one attached hydrogen (secondary N) is 1. The maximum absolute atomic E-state index is 12.8. The minimum atomic E-state index is -4.76. The molecule has 1 aromatic carbocycles. The number of carbonyl (C=O) groups excluding carboxylic acids is 1. The molecule has 0 spiro atoms. The van der Waals surface area contributed by atoms with Crippen LogP contribution in [0.4, 0.5) is 13.2 Å². The molecule has 1 aliphatic rings. The third kappa shape index (κ3) is 6.18. The average molecular weight is 465 g/mol. The zero-order valence-corrected chi connectivity index (χ0v) is 19.5. The lowest BCUT2D eigenvalue weighted by Crippen LogP contribution is -2.29. The molecule has 0 atom stereocenters. The quantitative estimate of drug-likeness (QED) is 0.424. The number of halogens is 3. The van der Waals surface area contributed by atoms with Gasteiger partial charge < -0.3 is 14.8 Å². The van der Waals surface area contributed by atoms with Gasteiger partial charge in [-0.05, 0) is 55.4 Å². The van der Waals surface area contributed by atoms with E-state index in [-0.39, 0.29) is 22.7 Å². The number of aromatic nitrogens is 1. The van der Waals surface area contributed by atoms with Gasteiger partial charge in [0.25, 0.3) is 0 Å². The van der Waals surface area contributed by atoms with Crippen molar-refractivity contribution < 1.29 is 27.8 Å². The molecule has 2 aromatic rings. The van der Waals surface area contributed by atoms with E-state index in [2.05, 4.69) is 9.72 Å². The number of fused-ring (bicyclic) bond motifs is 1. The molecule has 1 aromatic heterocycles. The van der Waals surface area contributed by atoms with Gasteiger partial charge in [-0.1, -0.05) is 27.2 Å². The summed E-state index contributed by atoms with van der Waals surface area (Å²) in [6.07, 6.45) is -1.12. The average Bonchev–Trinajstić information content (AvgIpc) is 2.97. The Balaban J connectivity index is 1.87. The molecule has 180 valence electrons. The van der Waals surface area contributed by atoms with Crippen LogP contribution in [0, 0.1) is 12.3 Å². The molecule has 0 unspecified atom stereocenters. The zero-order valence-electron chi connectivity index (χ0n) is 19.5. The molecule has 1 aliphatic carbocycles. The standard InChI is InChI=1S/C25H31F3N2O3/c1-5-6-7-20(23-21(31)13-24(3,4)14-22(23)32)29-11-10-17-15(2)30-19-9-8-16(12-18(17)19)33-25(26,27)28/h8-9,12,30-31H,5-7,10-11,13-14H2,1-4H3. The second kappa shape index (κ2) is 9.61. The van der Waals surface area contributed by atoms with Crippen LogP contribution in [-0.2, 0) is 11.2 Å². The van der Waals surface area contributed by atoms with E-state index in [0.29, 0.717) is 48.9 Å². The molecule has 0 bridgehead atoms. The Morgan fingerprint density at radius 1 is 1.27 bits per heavy atom. The van der Waals surface area contributed by atoms with Crippen molar-refractivity contribution in [3.05, 3.63) is 40.8 Å². The first-order valence-electron chi connectivity index (χ1n) is 11.3. The summed E-state index contributed by atoms with van der Waals surface area (Å²) in [5.41, 5.74) is 3.10. The number of aliphatic hydroxyl groups is 1. The molecule has 1 heterocycles. The van der Waals surface area contributed by atoms with Crippen molar-refractivity contribution in [3.63, 3.8) is 0 Å². The Kier molecular flexibility index (Phi) is 7.24. The van der Waals surface area contributed by atoms with Crippen molar-refractivity contribution in [1.29, 1.82) is 0 Å². The molecule has 0 saturated heterocycles. The number of alkyl halides is 3. The largest absolute Gasteiger partial charge is 0.573 e. The number of ether oxygens (including phenoxy) is 1. The number of nitrogens with zero attached hydrogens (tertiary/aromatic N) is 1. The fourth-order valence-corrected chi connectivity index (χ4v) is 4.43. The summed E-state index contributed by atoms with van der Waals surface area (Å²) in [4.78, 5) is 20.7. The highest BCUT2D eigenvalue weighted by Gasteiger charge is 2.35. The SMILES string of the molecule is CCCCC(=NCCc1c(C)[nH]c2ccc(OC(F)(F)F)cc12)C1=C(O)CC(C)(C)CC1=O. The van der Waals surface area contributed by atoms with Crippen molar-refractivity contribution in [2.24, 2.45) is 10.4 Å². The molecule has 2 N–H and O–H groups in total. The van der Waals surface area contributed by atoms with Gasteiger partial charge in [0.05, 0.1) is 5.57 Å². The van der Waals surface area contributed by atoms with Gasteiger partial charge in [-0.15, -0.1) is 13.2 Å². The van der Waals surface area contributed by atoms with Gasteiger partial charge in [-0.25, -0.2) is 0 Å². The van der Waals surface area contributed by atoms with E-state index in [1.54, 1.807) is 6.07 Å². The van der Waals surface area contributed by atoms with Gasteiger partial charge in [0, 0.05) is 41.7 Å². The predicted octanol–water partition coefficient (Wildman–Crippen LogP) is 6.75. The number of hydrogen-bond donors (Lipinski definition) is 2. The number of aryl methyl sites for hydroxylation is 1. The third-order valence-electron chi connectivity index (χ3n) is 5.90. The van der Waals surface area contributed by atoms with E-state index in [1.807, 2.05) is 27.7 Å². The van der Waals surface area contributed by atoms with E-state index < -0.39 is 6.36 Å². The summed E-state index contributed by atoms with van der Waals surface area (Å²) in [6, 6.07) is 4.22.